The standard InChI is InChI=1S/C16H12F4N4O4S/c1-7(14-10(19)4-8(17)5-21-14)22-12(25)6-24-16(26)23-11-3-2-9(18)13(20)15(11)29(24,27)28/h2-5,7H,6H2,1H3,(H,22,25)(H,23,26)/t7-/m0/s1. The van der Waals surface area contributed by atoms with Crippen molar-refractivity contribution in [2.75, 3.05) is 11.9 Å². The van der Waals surface area contributed by atoms with E-state index in [1.165, 1.54) is 6.92 Å². The van der Waals surface area contributed by atoms with E-state index in [1.807, 2.05) is 5.32 Å². The molecule has 2 N–H and O–H groups in total. The van der Waals surface area contributed by atoms with Crippen LogP contribution < -0.4 is 10.6 Å². The van der Waals surface area contributed by atoms with Crippen LogP contribution in [0.4, 0.5) is 28.0 Å². The van der Waals surface area contributed by atoms with Gasteiger partial charge in [0.05, 0.1) is 23.6 Å². The minimum Gasteiger partial charge on any atom is -0.346 e. The third kappa shape index (κ3) is 3.72. The maximum atomic E-state index is 14.0. The van der Waals surface area contributed by atoms with Gasteiger partial charge in [0.1, 0.15) is 23.1 Å². The highest BCUT2D eigenvalue weighted by Gasteiger charge is 2.41. The molecule has 0 spiro atoms. The van der Waals surface area contributed by atoms with Crippen LogP contribution in [0.3, 0.4) is 0 Å². The largest absolute Gasteiger partial charge is 0.346 e. The molecule has 2 aromatic rings. The quantitative estimate of drug-likeness (QED) is 0.719. The van der Waals surface area contributed by atoms with Crippen molar-refractivity contribution < 1.29 is 35.6 Å². The summed E-state index contributed by atoms with van der Waals surface area (Å²) in [6.45, 7) is 0.188. The molecule has 0 fully saturated rings. The summed E-state index contributed by atoms with van der Waals surface area (Å²) in [6, 6.07) is -0.330. The van der Waals surface area contributed by atoms with Crippen LogP contribution in [0.25, 0.3) is 0 Å². The van der Waals surface area contributed by atoms with Crippen LogP contribution in [0.1, 0.15) is 18.7 Å². The lowest BCUT2D eigenvalue weighted by molar-refractivity contribution is -0.121. The molecule has 0 unspecified atom stereocenters. The van der Waals surface area contributed by atoms with Crippen LogP contribution in [0, 0.1) is 23.3 Å². The van der Waals surface area contributed by atoms with E-state index in [-0.39, 0.29) is 10.00 Å². The summed E-state index contributed by atoms with van der Waals surface area (Å²) in [4.78, 5) is 26.6. The zero-order valence-corrected chi connectivity index (χ0v) is 15.4. The number of amides is 3. The molecule has 1 aliphatic heterocycles. The monoisotopic (exact) mass is 432 g/mol. The molecular weight excluding hydrogens is 420 g/mol. The first-order chi connectivity index (χ1) is 13.5. The van der Waals surface area contributed by atoms with Gasteiger partial charge in [-0.25, -0.2) is 35.1 Å². The third-order valence-electron chi connectivity index (χ3n) is 3.98. The number of halogens is 4. The summed E-state index contributed by atoms with van der Waals surface area (Å²) in [5, 5.41) is 4.24. The Kier molecular flexibility index (Phi) is 5.17. The van der Waals surface area contributed by atoms with E-state index in [2.05, 4.69) is 10.3 Å². The smallest absolute Gasteiger partial charge is 0.336 e. The lowest BCUT2D eigenvalue weighted by Gasteiger charge is -2.28. The number of aromatic nitrogens is 1. The van der Waals surface area contributed by atoms with Gasteiger partial charge in [-0.2, -0.15) is 0 Å². The van der Waals surface area contributed by atoms with E-state index in [0.717, 1.165) is 12.3 Å². The normalized spacial score (nSPS) is 16.0. The SMILES string of the molecule is C[C@H](NC(=O)CN1C(=O)Nc2ccc(F)c(F)c2S1(=O)=O)c1ncc(F)cc1F. The molecule has 1 aromatic carbocycles. The first-order valence-corrected chi connectivity index (χ1v) is 9.38. The first kappa shape index (κ1) is 20.5. The summed E-state index contributed by atoms with van der Waals surface area (Å²) >= 11 is 0. The van der Waals surface area contributed by atoms with Crippen molar-refractivity contribution in [2.24, 2.45) is 0 Å². The lowest BCUT2D eigenvalue weighted by atomic mass is 10.2. The van der Waals surface area contributed by atoms with E-state index in [9.17, 15) is 35.6 Å². The Morgan fingerprint density at radius 2 is 1.93 bits per heavy atom. The lowest BCUT2D eigenvalue weighted by Crippen LogP contribution is -2.49. The number of fused-ring (bicyclic) bond motifs is 1. The van der Waals surface area contributed by atoms with Crippen molar-refractivity contribution in [2.45, 2.75) is 17.9 Å². The second kappa shape index (κ2) is 7.31. The van der Waals surface area contributed by atoms with E-state index >= 15 is 0 Å². The number of pyridine rings is 1. The summed E-state index contributed by atoms with van der Waals surface area (Å²) in [7, 11) is -4.89. The molecule has 1 atom stereocenters. The van der Waals surface area contributed by atoms with Crippen LogP contribution in [0.15, 0.2) is 29.3 Å². The van der Waals surface area contributed by atoms with Gasteiger partial charge in [0, 0.05) is 6.07 Å². The number of carbonyl (C=O) groups is 2. The highest BCUT2D eigenvalue weighted by molar-refractivity contribution is 7.90. The second-order valence-electron chi connectivity index (χ2n) is 5.99. The van der Waals surface area contributed by atoms with Crippen molar-refractivity contribution in [1.29, 1.82) is 0 Å². The number of nitrogens with one attached hydrogen (secondary N) is 2. The van der Waals surface area contributed by atoms with Gasteiger partial charge in [-0.15, -0.1) is 0 Å². The van der Waals surface area contributed by atoms with Crippen LogP contribution in [-0.4, -0.2) is 36.2 Å². The summed E-state index contributed by atoms with van der Waals surface area (Å²) in [5.74, 6) is -6.22. The van der Waals surface area contributed by atoms with Crippen molar-refractivity contribution in [3.63, 3.8) is 0 Å². The van der Waals surface area contributed by atoms with Gasteiger partial charge < -0.3 is 10.6 Å². The number of urea groups is 1. The molecule has 8 nitrogen and oxygen atoms in total. The predicted molar refractivity (Wildman–Crippen MR) is 90.0 cm³/mol. The fourth-order valence-corrected chi connectivity index (χ4v) is 4.16. The number of hydrogen-bond donors (Lipinski definition) is 2. The molecule has 0 bridgehead atoms. The highest BCUT2D eigenvalue weighted by Crippen LogP contribution is 2.33. The molecule has 2 heterocycles. The molecule has 1 aliphatic rings. The fraction of sp³-hybridized carbons (Fsp3) is 0.188. The van der Waals surface area contributed by atoms with Gasteiger partial charge >= 0.3 is 6.03 Å². The first-order valence-electron chi connectivity index (χ1n) is 7.94. The zero-order valence-electron chi connectivity index (χ0n) is 14.5. The number of anilines is 1. The predicted octanol–water partition coefficient (Wildman–Crippen LogP) is 2.05. The molecule has 0 saturated carbocycles. The van der Waals surface area contributed by atoms with Crippen molar-refractivity contribution >= 4 is 27.6 Å². The second-order valence-corrected chi connectivity index (χ2v) is 7.79. The van der Waals surface area contributed by atoms with Crippen LogP contribution >= 0.6 is 0 Å². The maximum absolute atomic E-state index is 14.0. The molecular formula is C16H12F4N4O4S. The number of nitrogens with zero attached hydrogens (tertiary/aromatic N) is 2. The Morgan fingerprint density at radius 1 is 1.24 bits per heavy atom. The average molecular weight is 432 g/mol. The van der Waals surface area contributed by atoms with Crippen molar-refractivity contribution in [3.8, 4) is 0 Å². The van der Waals surface area contributed by atoms with Gasteiger partial charge in [0.25, 0.3) is 10.0 Å². The third-order valence-corrected chi connectivity index (χ3v) is 5.77. The minimum absolute atomic E-state index is 0.00829. The average Bonchev–Trinajstić information content (AvgIpc) is 2.61. The summed E-state index contributed by atoms with van der Waals surface area (Å²) in [6.07, 6.45) is 0.720. The van der Waals surface area contributed by atoms with Gasteiger partial charge in [-0.1, -0.05) is 0 Å². The summed E-state index contributed by atoms with van der Waals surface area (Å²) in [5.41, 5.74) is -0.805. The topological polar surface area (TPSA) is 108 Å². The molecule has 3 amide bonds. The van der Waals surface area contributed by atoms with Gasteiger partial charge in [-0.3, -0.25) is 9.78 Å². The van der Waals surface area contributed by atoms with Crippen molar-refractivity contribution in [1.82, 2.24) is 14.6 Å². The molecule has 1 aromatic heterocycles. The van der Waals surface area contributed by atoms with E-state index in [0.29, 0.717) is 12.1 Å². The number of hydrogen-bond acceptors (Lipinski definition) is 5. The number of carbonyl (C=O) groups excluding carboxylic acids is 2. The van der Waals surface area contributed by atoms with Crippen LogP contribution in [0.2, 0.25) is 0 Å². The van der Waals surface area contributed by atoms with E-state index < -0.39 is 68.4 Å². The van der Waals surface area contributed by atoms with E-state index in [4.69, 9.17) is 0 Å². The Labute approximate surface area is 161 Å². The fourth-order valence-electron chi connectivity index (χ4n) is 2.67. The molecule has 3 rings (SSSR count). The van der Waals surface area contributed by atoms with Gasteiger partial charge in [0.2, 0.25) is 5.91 Å². The van der Waals surface area contributed by atoms with Gasteiger partial charge in [0.15, 0.2) is 11.6 Å². The molecule has 0 saturated heterocycles. The molecule has 154 valence electrons. The summed E-state index contributed by atoms with van der Waals surface area (Å²) < 4.78 is 79.2. The molecule has 0 radical (unpaired) electrons. The Balaban J connectivity index is 1.83. The Hall–Kier alpha value is -3.22. The molecule has 0 aliphatic carbocycles. The number of sulfonamides is 1. The zero-order chi connectivity index (χ0) is 21.5. The van der Waals surface area contributed by atoms with Crippen LogP contribution in [0.5, 0.6) is 0 Å². The van der Waals surface area contributed by atoms with Crippen LogP contribution in [-0.2, 0) is 14.8 Å². The molecule has 13 heteroatoms. The van der Waals surface area contributed by atoms with Gasteiger partial charge in [-0.05, 0) is 19.1 Å². The Morgan fingerprint density at radius 3 is 2.59 bits per heavy atom. The number of rotatable bonds is 4. The Bertz CT molecular complexity index is 1130. The minimum atomic E-state index is -4.89. The molecule has 29 heavy (non-hydrogen) atoms. The maximum Gasteiger partial charge on any atom is 0.336 e. The van der Waals surface area contributed by atoms with E-state index in [1.54, 1.807) is 0 Å². The highest BCUT2D eigenvalue weighted by atomic mass is 32.2. The van der Waals surface area contributed by atoms with Crippen molar-refractivity contribution in [3.05, 3.63) is 53.4 Å². The number of benzene rings is 1.